The largest absolute Gasteiger partial charge is 0.468 e. The van der Waals surface area contributed by atoms with Crippen LogP contribution in [0.3, 0.4) is 0 Å². The lowest BCUT2D eigenvalue weighted by Crippen LogP contribution is -2.52. The molecule has 0 fully saturated rings. The van der Waals surface area contributed by atoms with Crippen LogP contribution in [0.5, 0.6) is 0 Å². The van der Waals surface area contributed by atoms with Crippen molar-refractivity contribution in [3.63, 3.8) is 0 Å². The summed E-state index contributed by atoms with van der Waals surface area (Å²) in [5, 5.41) is 11.2. The molecule has 0 saturated heterocycles. The van der Waals surface area contributed by atoms with Gasteiger partial charge in [-0.3, -0.25) is 4.79 Å². The Kier molecular flexibility index (Phi) is 6.40. The second-order valence-corrected chi connectivity index (χ2v) is 6.93. The van der Waals surface area contributed by atoms with E-state index in [-0.39, 0.29) is 5.97 Å². The standard InChI is InChI=1S/C10H17N3O2S3/c1-5-11-10(2,7(14)15-3)6-17-9-13-12-8(16-4)18-9/h11H,5-6H2,1-4H3. The number of methoxy groups -OCH3 is 1. The zero-order valence-electron chi connectivity index (χ0n) is 10.8. The molecule has 0 saturated carbocycles. The summed E-state index contributed by atoms with van der Waals surface area (Å²) in [5.74, 6) is 0.308. The summed E-state index contributed by atoms with van der Waals surface area (Å²) in [4.78, 5) is 11.8. The van der Waals surface area contributed by atoms with Crippen molar-refractivity contribution in [3.8, 4) is 0 Å². The van der Waals surface area contributed by atoms with Gasteiger partial charge in [-0.2, -0.15) is 0 Å². The van der Waals surface area contributed by atoms with Gasteiger partial charge in [-0.05, 0) is 19.7 Å². The Morgan fingerprint density at radius 3 is 2.67 bits per heavy atom. The van der Waals surface area contributed by atoms with Gasteiger partial charge in [0.15, 0.2) is 8.68 Å². The van der Waals surface area contributed by atoms with Gasteiger partial charge in [-0.15, -0.1) is 10.2 Å². The Labute approximate surface area is 119 Å². The summed E-state index contributed by atoms with van der Waals surface area (Å²) in [6, 6.07) is 0. The fraction of sp³-hybridized carbons (Fsp3) is 0.700. The average Bonchev–Trinajstić information content (AvgIpc) is 2.83. The van der Waals surface area contributed by atoms with Crippen LogP contribution in [0, 0.1) is 0 Å². The zero-order chi connectivity index (χ0) is 13.6. The first kappa shape index (κ1) is 15.7. The van der Waals surface area contributed by atoms with Gasteiger partial charge in [-0.25, -0.2) is 0 Å². The van der Waals surface area contributed by atoms with E-state index in [0.717, 1.165) is 8.68 Å². The number of aromatic nitrogens is 2. The van der Waals surface area contributed by atoms with Crippen molar-refractivity contribution in [1.82, 2.24) is 15.5 Å². The van der Waals surface area contributed by atoms with Crippen molar-refractivity contribution in [2.75, 3.05) is 25.7 Å². The van der Waals surface area contributed by atoms with E-state index in [9.17, 15) is 4.79 Å². The molecular weight excluding hydrogens is 290 g/mol. The third-order valence-corrected chi connectivity index (χ3v) is 5.60. The molecular formula is C10H17N3O2S3. The number of thioether (sulfide) groups is 2. The smallest absolute Gasteiger partial charge is 0.326 e. The Hall–Kier alpha value is -0.310. The van der Waals surface area contributed by atoms with Crippen molar-refractivity contribution in [2.24, 2.45) is 0 Å². The molecule has 8 heteroatoms. The van der Waals surface area contributed by atoms with Crippen molar-refractivity contribution in [3.05, 3.63) is 0 Å². The fourth-order valence-corrected chi connectivity index (χ4v) is 3.89. The van der Waals surface area contributed by atoms with Gasteiger partial charge in [0.05, 0.1) is 7.11 Å². The van der Waals surface area contributed by atoms with Crippen molar-refractivity contribution < 1.29 is 9.53 Å². The minimum absolute atomic E-state index is 0.258. The van der Waals surface area contributed by atoms with Crippen LogP contribution in [0.15, 0.2) is 8.68 Å². The third-order valence-electron chi connectivity index (χ3n) is 2.25. The minimum Gasteiger partial charge on any atom is -0.468 e. The quantitative estimate of drug-likeness (QED) is 0.609. The van der Waals surface area contributed by atoms with Gasteiger partial charge in [0, 0.05) is 5.75 Å². The molecule has 0 aliphatic carbocycles. The molecule has 1 rings (SSSR count). The molecule has 18 heavy (non-hydrogen) atoms. The summed E-state index contributed by atoms with van der Waals surface area (Å²) in [7, 11) is 1.40. The summed E-state index contributed by atoms with van der Waals surface area (Å²) in [5.41, 5.74) is -0.695. The number of carbonyl (C=O) groups excluding carboxylic acids is 1. The molecule has 5 nitrogen and oxygen atoms in total. The molecule has 0 aromatic carbocycles. The Morgan fingerprint density at radius 1 is 1.50 bits per heavy atom. The third kappa shape index (κ3) is 4.11. The Bertz CT molecular complexity index is 399. The molecule has 1 N–H and O–H groups in total. The summed E-state index contributed by atoms with van der Waals surface area (Å²) >= 11 is 4.62. The number of rotatable bonds is 7. The van der Waals surface area contributed by atoms with E-state index in [2.05, 4.69) is 15.5 Å². The highest BCUT2D eigenvalue weighted by Gasteiger charge is 2.33. The van der Waals surface area contributed by atoms with Gasteiger partial charge >= 0.3 is 5.97 Å². The number of carbonyl (C=O) groups is 1. The molecule has 0 bridgehead atoms. The summed E-state index contributed by atoms with van der Waals surface area (Å²) in [6.45, 7) is 4.51. The first-order chi connectivity index (χ1) is 8.55. The van der Waals surface area contributed by atoms with Crippen LogP contribution in [0.25, 0.3) is 0 Å². The van der Waals surface area contributed by atoms with Crippen LogP contribution < -0.4 is 5.32 Å². The number of nitrogens with zero attached hydrogens (tertiary/aromatic N) is 2. The highest BCUT2D eigenvalue weighted by molar-refractivity contribution is 8.03. The number of nitrogens with one attached hydrogen (secondary N) is 1. The lowest BCUT2D eigenvalue weighted by Gasteiger charge is -2.26. The molecule has 0 aliphatic rings. The van der Waals surface area contributed by atoms with Crippen LogP contribution >= 0.6 is 34.9 Å². The molecule has 0 spiro atoms. The van der Waals surface area contributed by atoms with Gasteiger partial charge in [-0.1, -0.05) is 41.8 Å². The lowest BCUT2D eigenvalue weighted by atomic mass is 10.1. The number of hydrogen-bond donors (Lipinski definition) is 1. The molecule has 0 amide bonds. The molecule has 1 atom stereocenters. The molecule has 102 valence electrons. The van der Waals surface area contributed by atoms with Crippen LogP contribution in [-0.4, -0.2) is 47.4 Å². The maximum atomic E-state index is 11.8. The summed E-state index contributed by atoms with van der Waals surface area (Å²) in [6.07, 6.45) is 1.96. The Balaban J connectivity index is 2.64. The molecule has 0 radical (unpaired) electrons. The van der Waals surface area contributed by atoms with Crippen LogP contribution in [0.4, 0.5) is 0 Å². The second kappa shape index (κ2) is 7.32. The van der Waals surface area contributed by atoms with Crippen LogP contribution in [-0.2, 0) is 9.53 Å². The number of esters is 1. The lowest BCUT2D eigenvalue weighted by molar-refractivity contribution is -0.146. The van der Waals surface area contributed by atoms with E-state index in [1.54, 1.807) is 11.8 Å². The van der Waals surface area contributed by atoms with Crippen molar-refractivity contribution in [1.29, 1.82) is 0 Å². The normalized spacial score (nSPS) is 14.2. The van der Waals surface area contributed by atoms with Gasteiger partial charge in [0.2, 0.25) is 0 Å². The first-order valence-electron chi connectivity index (χ1n) is 5.39. The predicted octanol–water partition coefficient (Wildman–Crippen LogP) is 1.89. The topological polar surface area (TPSA) is 64.1 Å². The number of likely N-dealkylation sites (N-methyl/N-ethyl adjacent to an activating group) is 1. The fourth-order valence-electron chi connectivity index (χ4n) is 1.34. The predicted molar refractivity (Wildman–Crippen MR) is 76.5 cm³/mol. The average molecular weight is 307 g/mol. The molecule has 1 aromatic rings. The minimum atomic E-state index is -0.695. The van der Waals surface area contributed by atoms with Gasteiger partial charge in [0.1, 0.15) is 5.54 Å². The number of ether oxygens (including phenoxy) is 1. The van der Waals surface area contributed by atoms with Gasteiger partial charge < -0.3 is 10.1 Å². The highest BCUT2D eigenvalue weighted by atomic mass is 32.2. The van der Waals surface area contributed by atoms with Crippen molar-refractivity contribution >= 4 is 40.8 Å². The highest BCUT2D eigenvalue weighted by Crippen LogP contribution is 2.29. The second-order valence-electron chi connectivity index (χ2n) is 3.68. The maximum absolute atomic E-state index is 11.8. The number of hydrogen-bond acceptors (Lipinski definition) is 8. The van der Waals surface area contributed by atoms with E-state index in [1.165, 1.54) is 30.2 Å². The maximum Gasteiger partial charge on any atom is 0.326 e. The molecule has 1 heterocycles. The summed E-state index contributed by atoms with van der Waals surface area (Å²) < 4.78 is 6.63. The molecule has 1 unspecified atom stereocenters. The van der Waals surface area contributed by atoms with Crippen LogP contribution in [0.1, 0.15) is 13.8 Å². The van der Waals surface area contributed by atoms with Gasteiger partial charge in [0.25, 0.3) is 0 Å². The van der Waals surface area contributed by atoms with E-state index >= 15 is 0 Å². The molecule has 0 aliphatic heterocycles. The monoisotopic (exact) mass is 307 g/mol. The molecule has 1 aromatic heterocycles. The first-order valence-corrected chi connectivity index (χ1v) is 8.42. The Morgan fingerprint density at radius 2 is 2.17 bits per heavy atom. The van der Waals surface area contributed by atoms with Crippen LogP contribution in [0.2, 0.25) is 0 Å². The van der Waals surface area contributed by atoms with E-state index in [0.29, 0.717) is 12.3 Å². The zero-order valence-corrected chi connectivity index (χ0v) is 13.3. The van der Waals surface area contributed by atoms with E-state index in [1.807, 2.05) is 20.1 Å². The SMILES string of the molecule is CCNC(C)(CSc1nnc(SC)s1)C(=O)OC. The van der Waals surface area contributed by atoms with E-state index in [4.69, 9.17) is 4.74 Å². The van der Waals surface area contributed by atoms with E-state index < -0.39 is 5.54 Å². The van der Waals surface area contributed by atoms with Crippen molar-refractivity contribution in [2.45, 2.75) is 28.1 Å².